The molecule has 9 heteroatoms. The molecular formula is C27H28FN3O4S. The molecule has 1 amide bonds. The van der Waals surface area contributed by atoms with E-state index in [1.54, 1.807) is 30.2 Å². The summed E-state index contributed by atoms with van der Waals surface area (Å²) >= 11 is 0. The number of ether oxygens (including phenoxy) is 1. The largest absolute Gasteiger partial charge is 0.495 e. The molecule has 0 spiro atoms. The second-order valence-corrected chi connectivity index (χ2v) is 10.9. The van der Waals surface area contributed by atoms with Gasteiger partial charge in [-0.2, -0.15) is 4.31 Å². The van der Waals surface area contributed by atoms with Crippen LogP contribution in [-0.2, 0) is 16.4 Å². The van der Waals surface area contributed by atoms with Gasteiger partial charge in [0.15, 0.2) is 0 Å². The molecule has 188 valence electrons. The second kappa shape index (κ2) is 9.91. The van der Waals surface area contributed by atoms with E-state index in [1.165, 1.54) is 28.6 Å². The predicted molar refractivity (Wildman–Crippen MR) is 137 cm³/mol. The van der Waals surface area contributed by atoms with Gasteiger partial charge in [0, 0.05) is 44.0 Å². The van der Waals surface area contributed by atoms with Crippen LogP contribution in [0.5, 0.6) is 5.75 Å². The number of nitrogens with zero attached hydrogens (tertiary/aromatic N) is 3. The lowest BCUT2D eigenvalue weighted by atomic mass is 10.0. The third-order valence-corrected chi connectivity index (χ3v) is 8.70. The lowest BCUT2D eigenvalue weighted by Crippen LogP contribution is -2.48. The molecule has 0 radical (unpaired) electrons. The van der Waals surface area contributed by atoms with Gasteiger partial charge in [0.1, 0.15) is 11.6 Å². The number of methoxy groups -OCH3 is 1. The van der Waals surface area contributed by atoms with E-state index in [1.807, 2.05) is 24.3 Å². The summed E-state index contributed by atoms with van der Waals surface area (Å²) in [7, 11) is -2.05. The highest BCUT2D eigenvalue weighted by molar-refractivity contribution is 7.89. The maximum Gasteiger partial charge on any atom is 0.258 e. The number of sulfonamides is 1. The van der Waals surface area contributed by atoms with E-state index in [2.05, 4.69) is 4.90 Å². The minimum atomic E-state index is -3.68. The maximum atomic E-state index is 13.5. The molecule has 0 unspecified atom stereocenters. The SMILES string of the molecule is COc1ccccc1N1CCN(S(=O)(=O)c2ccc3c(c2)CCCN3C(=O)c2ccc(F)cc2)CC1. The average molecular weight is 510 g/mol. The average Bonchev–Trinajstić information content (AvgIpc) is 2.92. The Kier molecular flexibility index (Phi) is 6.68. The smallest absolute Gasteiger partial charge is 0.258 e. The van der Waals surface area contributed by atoms with Crippen molar-refractivity contribution in [1.82, 2.24) is 4.31 Å². The molecule has 3 aromatic carbocycles. The summed E-state index contributed by atoms with van der Waals surface area (Å²) in [5.41, 5.74) is 2.88. The van der Waals surface area contributed by atoms with Crippen LogP contribution in [0.25, 0.3) is 0 Å². The topological polar surface area (TPSA) is 70.2 Å². The van der Waals surface area contributed by atoms with Gasteiger partial charge in [0.25, 0.3) is 5.91 Å². The van der Waals surface area contributed by atoms with Gasteiger partial charge in [-0.05, 0) is 73.0 Å². The van der Waals surface area contributed by atoms with Crippen LogP contribution in [0.2, 0.25) is 0 Å². The van der Waals surface area contributed by atoms with E-state index in [0.717, 1.165) is 23.4 Å². The first kappa shape index (κ1) is 24.3. The van der Waals surface area contributed by atoms with Crippen molar-refractivity contribution in [3.05, 3.63) is 83.7 Å². The number of carbonyl (C=O) groups is 1. The molecule has 5 rings (SSSR count). The first-order valence-corrected chi connectivity index (χ1v) is 13.4. The number of carbonyl (C=O) groups excluding carboxylic acids is 1. The minimum absolute atomic E-state index is 0.223. The number of aryl methyl sites for hydroxylation is 1. The van der Waals surface area contributed by atoms with Gasteiger partial charge in [0.05, 0.1) is 17.7 Å². The molecule has 0 bridgehead atoms. The van der Waals surface area contributed by atoms with Gasteiger partial charge in [0.2, 0.25) is 10.0 Å². The number of amides is 1. The van der Waals surface area contributed by atoms with E-state index in [4.69, 9.17) is 4.74 Å². The van der Waals surface area contributed by atoms with Crippen molar-refractivity contribution in [2.75, 3.05) is 49.6 Å². The van der Waals surface area contributed by atoms with Crippen LogP contribution < -0.4 is 14.5 Å². The highest BCUT2D eigenvalue weighted by Gasteiger charge is 2.31. The molecule has 0 aromatic heterocycles. The summed E-state index contributed by atoms with van der Waals surface area (Å²) in [5.74, 6) is 0.145. The molecule has 2 aliphatic rings. The van der Waals surface area contributed by atoms with Crippen LogP contribution in [0.4, 0.5) is 15.8 Å². The number of hydrogen-bond acceptors (Lipinski definition) is 5. The second-order valence-electron chi connectivity index (χ2n) is 8.92. The van der Waals surface area contributed by atoms with Gasteiger partial charge in [-0.3, -0.25) is 4.79 Å². The summed E-state index contributed by atoms with van der Waals surface area (Å²) in [6, 6.07) is 18.2. The summed E-state index contributed by atoms with van der Waals surface area (Å²) in [5, 5.41) is 0. The number of benzene rings is 3. The molecule has 7 nitrogen and oxygen atoms in total. The van der Waals surface area contributed by atoms with E-state index >= 15 is 0 Å². The zero-order valence-corrected chi connectivity index (χ0v) is 20.9. The lowest BCUT2D eigenvalue weighted by Gasteiger charge is -2.36. The minimum Gasteiger partial charge on any atom is -0.495 e. The van der Waals surface area contributed by atoms with Crippen molar-refractivity contribution in [2.45, 2.75) is 17.7 Å². The summed E-state index contributed by atoms with van der Waals surface area (Å²) < 4.78 is 47.2. The Morgan fingerprint density at radius 2 is 1.61 bits per heavy atom. The maximum absolute atomic E-state index is 13.5. The normalized spacial score (nSPS) is 16.5. The molecule has 0 atom stereocenters. The number of anilines is 2. The fourth-order valence-corrected chi connectivity index (χ4v) is 6.38. The Morgan fingerprint density at radius 3 is 2.33 bits per heavy atom. The number of halogens is 1. The zero-order chi connectivity index (χ0) is 25.3. The van der Waals surface area contributed by atoms with Crippen LogP contribution in [-0.4, -0.2) is 58.5 Å². The quantitative estimate of drug-likeness (QED) is 0.521. The predicted octanol–water partition coefficient (Wildman–Crippen LogP) is 3.94. The van der Waals surface area contributed by atoms with Gasteiger partial charge in [-0.25, -0.2) is 12.8 Å². The molecular weight excluding hydrogens is 481 g/mol. The highest BCUT2D eigenvalue weighted by atomic mass is 32.2. The Hall–Kier alpha value is -3.43. The Morgan fingerprint density at radius 1 is 0.889 bits per heavy atom. The number of fused-ring (bicyclic) bond motifs is 1. The molecule has 0 saturated carbocycles. The number of hydrogen-bond donors (Lipinski definition) is 0. The van der Waals surface area contributed by atoms with Gasteiger partial charge in [-0.15, -0.1) is 0 Å². The number of para-hydroxylation sites is 2. The first-order valence-electron chi connectivity index (χ1n) is 12.0. The van der Waals surface area contributed by atoms with Crippen LogP contribution in [0.1, 0.15) is 22.3 Å². The molecule has 0 N–H and O–H groups in total. The van der Waals surface area contributed by atoms with E-state index in [9.17, 15) is 17.6 Å². The lowest BCUT2D eigenvalue weighted by molar-refractivity contribution is 0.0985. The van der Waals surface area contributed by atoms with Gasteiger partial charge >= 0.3 is 0 Å². The van der Waals surface area contributed by atoms with Crippen molar-refractivity contribution in [3.8, 4) is 5.75 Å². The fourth-order valence-electron chi connectivity index (χ4n) is 4.90. The van der Waals surface area contributed by atoms with E-state index in [0.29, 0.717) is 50.4 Å². The standard InChI is InChI=1S/C27H28FN3O4S/c1-35-26-7-3-2-6-25(26)29-15-17-30(18-16-29)36(33,34)23-12-13-24-21(19-23)5-4-14-31(24)27(32)20-8-10-22(28)11-9-20/h2-3,6-13,19H,4-5,14-18H2,1H3. The van der Waals surface area contributed by atoms with E-state index < -0.39 is 15.8 Å². The Labute approximate surface area is 210 Å². The van der Waals surface area contributed by atoms with Crippen LogP contribution in [0.3, 0.4) is 0 Å². The van der Waals surface area contributed by atoms with Crippen LogP contribution >= 0.6 is 0 Å². The third kappa shape index (κ3) is 4.56. The first-order chi connectivity index (χ1) is 17.4. The molecule has 0 aliphatic carbocycles. The fraction of sp³-hybridized carbons (Fsp3) is 0.296. The summed E-state index contributed by atoms with van der Waals surface area (Å²) in [6.07, 6.45) is 1.41. The van der Waals surface area contributed by atoms with Crippen molar-refractivity contribution in [1.29, 1.82) is 0 Å². The molecule has 1 saturated heterocycles. The molecule has 2 aliphatic heterocycles. The van der Waals surface area contributed by atoms with Crippen LogP contribution in [0.15, 0.2) is 71.6 Å². The van der Waals surface area contributed by atoms with Crippen molar-refractivity contribution in [2.24, 2.45) is 0 Å². The van der Waals surface area contributed by atoms with Crippen LogP contribution in [0, 0.1) is 5.82 Å². The van der Waals surface area contributed by atoms with Gasteiger partial charge < -0.3 is 14.5 Å². The molecule has 36 heavy (non-hydrogen) atoms. The Bertz CT molecular complexity index is 1370. The summed E-state index contributed by atoms with van der Waals surface area (Å²) in [6.45, 7) is 2.38. The monoisotopic (exact) mass is 509 g/mol. The number of rotatable bonds is 5. The highest BCUT2D eigenvalue weighted by Crippen LogP contribution is 2.33. The van der Waals surface area contributed by atoms with Gasteiger partial charge in [-0.1, -0.05) is 12.1 Å². The van der Waals surface area contributed by atoms with Crippen molar-refractivity contribution in [3.63, 3.8) is 0 Å². The molecule has 3 aromatic rings. The zero-order valence-electron chi connectivity index (χ0n) is 20.1. The van der Waals surface area contributed by atoms with Crippen molar-refractivity contribution >= 4 is 27.3 Å². The summed E-state index contributed by atoms with van der Waals surface area (Å²) in [4.78, 5) is 17.1. The van der Waals surface area contributed by atoms with E-state index in [-0.39, 0.29) is 10.8 Å². The number of piperazine rings is 1. The third-order valence-electron chi connectivity index (χ3n) is 6.81. The molecule has 2 heterocycles. The molecule has 1 fully saturated rings. The Balaban J connectivity index is 1.33. The van der Waals surface area contributed by atoms with Crippen molar-refractivity contribution < 1.29 is 22.3 Å².